The fourth-order valence-electron chi connectivity index (χ4n) is 1.58. The van der Waals surface area contributed by atoms with Crippen molar-refractivity contribution in [1.82, 2.24) is 10.3 Å². The van der Waals surface area contributed by atoms with E-state index >= 15 is 0 Å². The summed E-state index contributed by atoms with van der Waals surface area (Å²) in [6, 6.07) is 4.70. The second-order valence-electron chi connectivity index (χ2n) is 4.77. The Balaban J connectivity index is 2.98. The molecule has 0 aromatic carbocycles. The Morgan fingerprint density at radius 1 is 1.19 bits per heavy atom. The van der Waals surface area contributed by atoms with Crippen LogP contribution in [-0.2, 0) is 6.54 Å². The fourth-order valence-corrected chi connectivity index (χ4v) is 1.58. The zero-order chi connectivity index (χ0) is 12.1. The average Bonchev–Trinajstić information content (AvgIpc) is 2.16. The first-order chi connectivity index (χ1) is 7.52. The first-order valence-electron chi connectivity index (χ1n) is 5.95. The molecular weight excluding hydrogens is 198 g/mol. The van der Waals surface area contributed by atoms with Crippen LogP contribution < -0.4 is 10.6 Å². The third-order valence-electron chi connectivity index (χ3n) is 2.31. The molecule has 0 radical (unpaired) electrons. The SMILES string of the molecule is CNCc1cc(NC(C)C)nc(C(C)C)c1. The molecule has 0 amide bonds. The van der Waals surface area contributed by atoms with Gasteiger partial charge in [0.15, 0.2) is 0 Å². The maximum atomic E-state index is 4.62. The van der Waals surface area contributed by atoms with E-state index in [9.17, 15) is 0 Å². The van der Waals surface area contributed by atoms with Crippen molar-refractivity contribution in [2.24, 2.45) is 0 Å². The molecule has 0 aliphatic carbocycles. The number of nitrogens with zero attached hydrogens (tertiary/aromatic N) is 1. The van der Waals surface area contributed by atoms with Gasteiger partial charge in [-0.3, -0.25) is 0 Å². The van der Waals surface area contributed by atoms with Gasteiger partial charge in [0, 0.05) is 18.3 Å². The fraction of sp³-hybridized carbons (Fsp3) is 0.615. The zero-order valence-corrected chi connectivity index (χ0v) is 11.0. The van der Waals surface area contributed by atoms with E-state index in [1.54, 1.807) is 0 Å². The number of hydrogen-bond acceptors (Lipinski definition) is 3. The van der Waals surface area contributed by atoms with Crippen LogP contribution in [0.1, 0.15) is 44.9 Å². The molecule has 0 spiro atoms. The lowest BCUT2D eigenvalue weighted by Crippen LogP contribution is -2.13. The molecule has 0 aliphatic heterocycles. The van der Waals surface area contributed by atoms with Crippen LogP contribution in [0, 0.1) is 0 Å². The summed E-state index contributed by atoms with van der Waals surface area (Å²) in [6.07, 6.45) is 0. The van der Waals surface area contributed by atoms with E-state index in [-0.39, 0.29) is 0 Å². The molecule has 3 heteroatoms. The highest BCUT2D eigenvalue weighted by Crippen LogP contribution is 2.18. The minimum absolute atomic E-state index is 0.414. The summed E-state index contributed by atoms with van der Waals surface area (Å²) in [5.74, 6) is 1.44. The van der Waals surface area contributed by atoms with E-state index in [1.807, 2.05) is 7.05 Å². The highest BCUT2D eigenvalue weighted by Gasteiger charge is 2.06. The summed E-state index contributed by atoms with van der Waals surface area (Å²) in [6.45, 7) is 9.48. The standard InChI is InChI=1S/C13H23N3/c1-9(2)12-6-11(8-14-5)7-13(16-12)15-10(3)4/h6-7,9-10,14H,8H2,1-5H3,(H,15,16). The van der Waals surface area contributed by atoms with Crippen LogP contribution in [0.15, 0.2) is 12.1 Å². The van der Waals surface area contributed by atoms with E-state index in [2.05, 4.69) is 55.4 Å². The second-order valence-corrected chi connectivity index (χ2v) is 4.77. The molecule has 0 fully saturated rings. The van der Waals surface area contributed by atoms with Crippen molar-refractivity contribution >= 4 is 5.82 Å². The largest absolute Gasteiger partial charge is 0.368 e. The van der Waals surface area contributed by atoms with Crippen LogP contribution in [0.3, 0.4) is 0 Å². The number of rotatable bonds is 5. The van der Waals surface area contributed by atoms with E-state index in [4.69, 9.17) is 0 Å². The molecule has 90 valence electrons. The monoisotopic (exact) mass is 221 g/mol. The number of hydrogen-bond donors (Lipinski definition) is 2. The van der Waals surface area contributed by atoms with Crippen LogP contribution in [-0.4, -0.2) is 18.1 Å². The zero-order valence-electron chi connectivity index (χ0n) is 11.0. The highest BCUT2D eigenvalue weighted by molar-refractivity contribution is 5.41. The molecule has 2 N–H and O–H groups in total. The van der Waals surface area contributed by atoms with Crippen LogP contribution in [0.5, 0.6) is 0 Å². The molecule has 3 nitrogen and oxygen atoms in total. The quantitative estimate of drug-likeness (QED) is 0.802. The maximum Gasteiger partial charge on any atom is 0.126 e. The molecule has 16 heavy (non-hydrogen) atoms. The molecule has 0 saturated heterocycles. The lowest BCUT2D eigenvalue weighted by atomic mass is 10.1. The van der Waals surface area contributed by atoms with E-state index in [0.29, 0.717) is 12.0 Å². The smallest absolute Gasteiger partial charge is 0.126 e. The van der Waals surface area contributed by atoms with Gasteiger partial charge < -0.3 is 10.6 Å². The summed E-state index contributed by atoms with van der Waals surface area (Å²) in [7, 11) is 1.96. The Kier molecular flexibility index (Phi) is 4.74. The molecule has 1 heterocycles. The summed E-state index contributed by atoms with van der Waals surface area (Å²) >= 11 is 0. The van der Waals surface area contributed by atoms with Crippen molar-refractivity contribution in [3.05, 3.63) is 23.4 Å². The van der Waals surface area contributed by atoms with Gasteiger partial charge in [0.05, 0.1) is 0 Å². The molecule has 0 bridgehead atoms. The molecule has 0 aliphatic rings. The third-order valence-corrected chi connectivity index (χ3v) is 2.31. The first kappa shape index (κ1) is 13.0. The molecule has 0 saturated carbocycles. The molecule has 0 atom stereocenters. The molecule has 1 aromatic heterocycles. The van der Waals surface area contributed by atoms with E-state index in [1.165, 1.54) is 5.56 Å². The Hall–Kier alpha value is -1.09. The van der Waals surface area contributed by atoms with Gasteiger partial charge in [-0.15, -0.1) is 0 Å². The average molecular weight is 221 g/mol. The minimum Gasteiger partial charge on any atom is -0.368 e. The Morgan fingerprint density at radius 3 is 2.38 bits per heavy atom. The van der Waals surface area contributed by atoms with Crippen LogP contribution >= 0.6 is 0 Å². The Morgan fingerprint density at radius 2 is 1.88 bits per heavy atom. The Bertz CT molecular complexity index is 332. The molecular formula is C13H23N3. The van der Waals surface area contributed by atoms with Crippen LogP contribution in [0.25, 0.3) is 0 Å². The van der Waals surface area contributed by atoms with E-state index < -0.39 is 0 Å². The number of pyridine rings is 1. The van der Waals surface area contributed by atoms with Crippen molar-refractivity contribution < 1.29 is 0 Å². The Labute approximate surface area is 98.7 Å². The normalized spacial score (nSPS) is 11.2. The minimum atomic E-state index is 0.414. The van der Waals surface area contributed by atoms with Gasteiger partial charge >= 0.3 is 0 Å². The number of nitrogens with one attached hydrogen (secondary N) is 2. The van der Waals surface area contributed by atoms with Crippen molar-refractivity contribution in [2.75, 3.05) is 12.4 Å². The van der Waals surface area contributed by atoms with Crippen molar-refractivity contribution in [3.8, 4) is 0 Å². The molecule has 0 unspecified atom stereocenters. The summed E-state index contributed by atoms with van der Waals surface area (Å²) < 4.78 is 0. The van der Waals surface area contributed by atoms with Gasteiger partial charge in [-0.05, 0) is 44.5 Å². The van der Waals surface area contributed by atoms with Gasteiger partial charge in [0.1, 0.15) is 5.82 Å². The van der Waals surface area contributed by atoms with Gasteiger partial charge in [-0.1, -0.05) is 13.8 Å². The van der Waals surface area contributed by atoms with Gasteiger partial charge in [-0.25, -0.2) is 4.98 Å². The van der Waals surface area contributed by atoms with Gasteiger partial charge in [-0.2, -0.15) is 0 Å². The van der Waals surface area contributed by atoms with Gasteiger partial charge in [0.25, 0.3) is 0 Å². The predicted molar refractivity (Wildman–Crippen MR) is 69.8 cm³/mol. The summed E-state index contributed by atoms with van der Waals surface area (Å²) in [5, 5.41) is 6.54. The summed E-state index contributed by atoms with van der Waals surface area (Å²) in [5.41, 5.74) is 2.43. The first-order valence-corrected chi connectivity index (χ1v) is 5.95. The van der Waals surface area contributed by atoms with E-state index in [0.717, 1.165) is 18.1 Å². The third kappa shape index (κ3) is 3.81. The van der Waals surface area contributed by atoms with Crippen LogP contribution in [0.2, 0.25) is 0 Å². The topological polar surface area (TPSA) is 37.0 Å². The highest BCUT2D eigenvalue weighted by atomic mass is 15.0. The van der Waals surface area contributed by atoms with Crippen LogP contribution in [0.4, 0.5) is 5.82 Å². The van der Waals surface area contributed by atoms with Crippen molar-refractivity contribution in [3.63, 3.8) is 0 Å². The molecule has 1 aromatic rings. The predicted octanol–water partition coefficient (Wildman–Crippen LogP) is 2.74. The van der Waals surface area contributed by atoms with Crippen molar-refractivity contribution in [2.45, 2.75) is 46.2 Å². The lowest BCUT2D eigenvalue weighted by molar-refractivity contribution is 0.784. The van der Waals surface area contributed by atoms with Gasteiger partial charge in [0.2, 0.25) is 0 Å². The lowest BCUT2D eigenvalue weighted by Gasteiger charge is -2.14. The number of anilines is 1. The molecule has 1 rings (SSSR count). The second kappa shape index (κ2) is 5.85. The van der Waals surface area contributed by atoms with Crippen molar-refractivity contribution in [1.29, 1.82) is 0 Å². The maximum absolute atomic E-state index is 4.62. The number of aromatic nitrogens is 1. The summed E-state index contributed by atoms with van der Waals surface area (Å²) in [4.78, 5) is 4.62.